The van der Waals surface area contributed by atoms with Gasteiger partial charge in [-0.15, -0.1) is 0 Å². The maximum atomic E-state index is 12.9. The van der Waals surface area contributed by atoms with E-state index < -0.39 is 30.1 Å². The fourth-order valence-corrected chi connectivity index (χ4v) is 4.42. The number of amides is 2. The van der Waals surface area contributed by atoms with Crippen LogP contribution in [0.4, 0.5) is 4.79 Å². The highest BCUT2D eigenvalue weighted by Gasteiger charge is 2.30. The lowest BCUT2D eigenvalue weighted by Gasteiger charge is -2.22. The molecule has 1 heterocycles. The van der Waals surface area contributed by atoms with Crippen molar-refractivity contribution in [2.45, 2.75) is 44.2 Å². The van der Waals surface area contributed by atoms with Gasteiger partial charge < -0.3 is 25.5 Å². The molecule has 9 nitrogen and oxygen atoms in total. The molecule has 1 aliphatic carbocycles. The fourth-order valence-electron chi connectivity index (χ4n) is 4.42. The van der Waals surface area contributed by atoms with Gasteiger partial charge >= 0.3 is 12.1 Å². The van der Waals surface area contributed by atoms with Crippen molar-refractivity contribution in [1.29, 1.82) is 0 Å². The molecule has 0 spiro atoms. The summed E-state index contributed by atoms with van der Waals surface area (Å²) in [5.41, 5.74) is 4.37. The maximum Gasteiger partial charge on any atom is 0.407 e. The standard InChI is InChI=1S/C26H28N4O5/c1-2-21(24-27-13-14-28-24)29-25(33)22(11-12-23(31)32)30-26(34)35-15-20-18-9-5-3-7-16(18)17-8-4-6-10-19(17)20/h3-10,13-14,20-22H,2,11-12,15H2,1H3,(H,27,28)(H,29,33)(H,30,34)(H,31,32). The molecule has 3 aromatic rings. The van der Waals surface area contributed by atoms with Gasteiger partial charge in [0.15, 0.2) is 0 Å². The zero-order valence-corrected chi connectivity index (χ0v) is 19.4. The van der Waals surface area contributed by atoms with Gasteiger partial charge in [-0.3, -0.25) is 9.59 Å². The van der Waals surface area contributed by atoms with E-state index in [1.165, 1.54) is 0 Å². The van der Waals surface area contributed by atoms with Gasteiger partial charge in [-0.2, -0.15) is 0 Å². The number of rotatable bonds is 10. The molecule has 35 heavy (non-hydrogen) atoms. The molecule has 0 radical (unpaired) electrons. The van der Waals surface area contributed by atoms with Gasteiger partial charge in [-0.05, 0) is 35.1 Å². The number of benzene rings is 2. The van der Waals surface area contributed by atoms with Crippen molar-refractivity contribution in [3.05, 3.63) is 77.9 Å². The monoisotopic (exact) mass is 476 g/mol. The Morgan fingerprint density at radius 2 is 1.71 bits per heavy atom. The molecule has 0 aliphatic heterocycles. The van der Waals surface area contributed by atoms with E-state index in [0.717, 1.165) is 22.3 Å². The van der Waals surface area contributed by atoms with E-state index in [1.807, 2.05) is 55.5 Å². The van der Waals surface area contributed by atoms with Gasteiger partial charge in [0.05, 0.1) is 6.04 Å². The van der Waals surface area contributed by atoms with Crippen LogP contribution in [0.2, 0.25) is 0 Å². The van der Waals surface area contributed by atoms with Crippen molar-refractivity contribution in [3.8, 4) is 11.1 Å². The summed E-state index contributed by atoms with van der Waals surface area (Å²) in [5.74, 6) is -1.10. The molecule has 0 fully saturated rings. The second kappa shape index (κ2) is 10.9. The van der Waals surface area contributed by atoms with E-state index in [2.05, 4.69) is 20.6 Å². The zero-order chi connectivity index (χ0) is 24.8. The second-order valence-corrected chi connectivity index (χ2v) is 8.40. The Morgan fingerprint density at radius 3 is 2.29 bits per heavy atom. The fraction of sp³-hybridized carbons (Fsp3) is 0.308. The minimum absolute atomic E-state index is 0.0695. The van der Waals surface area contributed by atoms with Crippen LogP contribution in [0.1, 0.15) is 55.1 Å². The van der Waals surface area contributed by atoms with E-state index in [4.69, 9.17) is 9.84 Å². The van der Waals surface area contributed by atoms with Crippen LogP contribution in [0, 0.1) is 0 Å². The first kappa shape index (κ1) is 24.0. The van der Waals surface area contributed by atoms with Crippen LogP contribution in [0.15, 0.2) is 60.9 Å². The number of imidazole rings is 1. The maximum absolute atomic E-state index is 12.9. The molecule has 2 amide bonds. The number of carboxylic acid groups (broad SMARTS) is 1. The predicted molar refractivity (Wildman–Crippen MR) is 129 cm³/mol. The van der Waals surface area contributed by atoms with Crippen molar-refractivity contribution < 1.29 is 24.2 Å². The number of hydrogen-bond donors (Lipinski definition) is 4. The van der Waals surface area contributed by atoms with Crippen LogP contribution in [0.3, 0.4) is 0 Å². The summed E-state index contributed by atoms with van der Waals surface area (Å²) in [7, 11) is 0. The number of aromatic nitrogens is 2. The summed E-state index contributed by atoms with van der Waals surface area (Å²) < 4.78 is 5.53. The Morgan fingerprint density at radius 1 is 1.06 bits per heavy atom. The molecule has 2 atom stereocenters. The van der Waals surface area contributed by atoms with Crippen LogP contribution in [-0.2, 0) is 14.3 Å². The number of alkyl carbamates (subject to hydrolysis) is 1. The normalized spacial score (nSPS) is 13.9. The number of fused-ring (bicyclic) bond motifs is 3. The molecule has 1 aromatic heterocycles. The Balaban J connectivity index is 1.42. The highest BCUT2D eigenvalue weighted by atomic mass is 16.5. The first-order chi connectivity index (χ1) is 17.0. The largest absolute Gasteiger partial charge is 0.481 e. The number of carbonyl (C=O) groups excluding carboxylic acids is 2. The third kappa shape index (κ3) is 5.51. The van der Waals surface area contributed by atoms with Crippen molar-refractivity contribution >= 4 is 18.0 Å². The molecule has 0 saturated carbocycles. The molecule has 1 aliphatic rings. The first-order valence-corrected chi connectivity index (χ1v) is 11.6. The summed E-state index contributed by atoms with van der Waals surface area (Å²) in [6.45, 7) is 1.98. The summed E-state index contributed by atoms with van der Waals surface area (Å²) in [6.07, 6.45) is 2.68. The smallest absolute Gasteiger partial charge is 0.407 e. The van der Waals surface area contributed by atoms with Crippen molar-refractivity contribution in [3.63, 3.8) is 0 Å². The van der Waals surface area contributed by atoms with Crippen molar-refractivity contribution in [1.82, 2.24) is 20.6 Å². The Kier molecular flexibility index (Phi) is 7.45. The van der Waals surface area contributed by atoms with E-state index in [9.17, 15) is 14.4 Å². The quantitative estimate of drug-likeness (QED) is 0.352. The molecule has 4 rings (SSSR count). The molecular formula is C26H28N4O5. The lowest BCUT2D eigenvalue weighted by molar-refractivity contribution is -0.137. The number of aromatic amines is 1. The van der Waals surface area contributed by atoms with Crippen LogP contribution in [-0.4, -0.2) is 45.7 Å². The molecule has 2 unspecified atom stereocenters. The van der Waals surface area contributed by atoms with Gasteiger partial charge in [-0.1, -0.05) is 55.5 Å². The molecule has 4 N–H and O–H groups in total. The number of carboxylic acids is 1. The molecular weight excluding hydrogens is 448 g/mol. The number of nitrogens with one attached hydrogen (secondary N) is 3. The van der Waals surface area contributed by atoms with Crippen molar-refractivity contribution in [2.24, 2.45) is 0 Å². The number of ether oxygens (including phenoxy) is 1. The topological polar surface area (TPSA) is 133 Å². The number of hydrogen-bond acceptors (Lipinski definition) is 5. The van der Waals surface area contributed by atoms with E-state index in [0.29, 0.717) is 12.2 Å². The van der Waals surface area contributed by atoms with Gasteiger partial charge in [0, 0.05) is 24.7 Å². The summed E-state index contributed by atoms with van der Waals surface area (Å²) in [4.78, 5) is 43.9. The summed E-state index contributed by atoms with van der Waals surface area (Å²) in [6, 6.07) is 14.5. The van der Waals surface area contributed by atoms with E-state index in [-0.39, 0.29) is 25.4 Å². The highest BCUT2D eigenvalue weighted by Crippen LogP contribution is 2.44. The van der Waals surface area contributed by atoms with E-state index in [1.54, 1.807) is 12.4 Å². The van der Waals surface area contributed by atoms with Gasteiger partial charge in [0.1, 0.15) is 18.5 Å². The van der Waals surface area contributed by atoms with Gasteiger partial charge in [0.25, 0.3) is 0 Å². The number of H-pyrrole nitrogens is 1. The Bertz CT molecular complexity index is 1150. The number of nitrogens with zero attached hydrogens (tertiary/aromatic N) is 1. The second-order valence-electron chi connectivity index (χ2n) is 8.40. The van der Waals surface area contributed by atoms with Gasteiger partial charge in [0.2, 0.25) is 5.91 Å². The lowest BCUT2D eigenvalue weighted by atomic mass is 9.98. The van der Waals surface area contributed by atoms with Crippen LogP contribution < -0.4 is 10.6 Å². The zero-order valence-electron chi connectivity index (χ0n) is 19.4. The first-order valence-electron chi connectivity index (χ1n) is 11.6. The number of carbonyl (C=O) groups is 3. The molecule has 9 heteroatoms. The number of aliphatic carboxylic acids is 1. The summed E-state index contributed by atoms with van der Waals surface area (Å²) in [5, 5.41) is 14.5. The third-order valence-corrected chi connectivity index (χ3v) is 6.17. The average molecular weight is 477 g/mol. The Labute approximate surface area is 202 Å². The SMILES string of the molecule is CCC(NC(=O)C(CCC(=O)O)NC(=O)OCC1c2ccccc2-c2ccccc21)c1ncc[nH]1. The minimum atomic E-state index is -1.06. The third-order valence-electron chi connectivity index (χ3n) is 6.17. The minimum Gasteiger partial charge on any atom is -0.481 e. The average Bonchev–Trinajstić information content (AvgIpc) is 3.50. The molecule has 0 saturated heterocycles. The predicted octanol–water partition coefficient (Wildman–Crippen LogP) is 3.75. The highest BCUT2D eigenvalue weighted by molar-refractivity contribution is 5.86. The Hall–Kier alpha value is -4.14. The van der Waals surface area contributed by atoms with Crippen molar-refractivity contribution in [2.75, 3.05) is 6.61 Å². The lowest BCUT2D eigenvalue weighted by Crippen LogP contribution is -2.48. The van der Waals surface area contributed by atoms with E-state index >= 15 is 0 Å². The summed E-state index contributed by atoms with van der Waals surface area (Å²) >= 11 is 0. The van der Waals surface area contributed by atoms with Gasteiger partial charge in [-0.25, -0.2) is 9.78 Å². The molecule has 182 valence electrons. The van der Waals surface area contributed by atoms with Crippen LogP contribution in [0.25, 0.3) is 11.1 Å². The van der Waals surface area contributed by atoms with Crippen LogP contribution >= 0.6 is 0 Å². The molecule has 2 aromatic carbocycles. The molecule has 0 bridgehead atoms. The van der Waals surface area contributed by atoms with Crippen LogP contribution in [0.5, 0.6) is 0 Å².